The molecule has 2 N–H and O–H groups in total. The predicted molar refractivity (Wildman–Crippen MR) is 60.5 cm³/mol. The summed E-state index contributed by atoms with van der Waals surface area (Å²) in [4.78, 5) is 11.5. The maximum absolute atomic E-state index is 11.5. The fraction of sp³-hybridized carbons (Fsp3) is 0.917. The van der Waals surface area contributed by atoms with Crippen molar-refractivity contribution in [3.05, 3.63) is 0 Å². The molecule has 3 nitrogen and oxygen atoms in total. The van der Waals surface area contributed by atoms with Crippen LogP contribution in [0.3, 0.4) is 0 Å². The van der Waals surface area contributed by atoms with Crippen molar-refractivity contribution in [1.29, 1.82) is 0 Å². The molecule has 2 saturated carbocycles. The molecular weight excluding hydrogens is 188 g/mol. The third kappa shape index (κ3) is 2.94. The van der Waals surface area contributed by atoms with Crippen molar-refractivity contribution in [2.45, 2.75) is 51.6 Å². The number of hydrogen-bond donors (Lipinski definition) is 2. The van der Waals surface area contributed by atoms with Crippen molar-refractivity contribution < 1.29 is 4.79 Å². The van der Waals surface area contributed by atoms with E-state index in [0.717, 1.165) is 5.92 Å². The monoisotopic (exact) mass is 210 g/mol. The molecule has 2 rings (SSSR count). The highest BCUT2D eigenvalue weighted by Crippen LogP contribution is 2.30. The van der Waals surface area contributed by atoms with E-state index in [0.29, 0.717) is 24.5 Å². The molecule has 0 radical (unpaired) electrons. The van der Waals surface area contributed by atoms with Gasteiger partial charge in [0.25, 0.3) is 0 Å². The topological polar surface area (TPSA) is 41.1 Å². The van der Waals surface area contributed by atoms with Gasteiger partial charge in [0.1, 0.15) is 0 Å². The minimum absolute atomic E-state index is 0.171. The van der Waals surface area contributed by atoms with E-state index in [4.69, 9.17) is 0 Å². The Labute approximate surface area is 92.0 Å². The molecule has 1 amide bonds. The first-order chi connectivity index (χ1) is 7.16. The number of amides is 1. The fourth-order valence-electron chi connectivity index (χ4n) is 2.38. The smallest absolute Gasteiger partial charge is 0.234 e. The lowest BCUT2D eigenvalue weighted by atomic mass is 9.98. The molecule has 0 aromatic carbocycles. The lowest BCUT2D eigenvalue weighted by molar-refractivity contribution is -0.120. The Kier molecular flexibility index (Phi) is 3.29. The van der Waals surface area contributed by atoms with Gasteiger partial charge in [-0.2, -0.15) is 0 Å². The van der Waals surface area contributed by atoms with Gasteiger partial charge < -0.3 is 10.6 Å². The summed E-state index contributed by atoms with van der Waals surface area (Å²) in [6.45, 7) is 5.09. The second kappa shape index (κ2) is 4.52. The van der Waals surface area contributed by atoms with Gasteiger partial charge in [0, 0.05) is 12.1 Å². The number of nitrogens with one attached hydrogen (secondary N) is 2. The molecule has 2 aliphatic carbocycles. The third-order valence-electron chi connectivity index (χ3n) is 3.93. The second-order valence-electron chi connectivity index (χ2n) is 5.24. The molecule has 0 aromatic rings. The van der Waals surface area contributed by atoms with Crippen molar-refractivity contribution >= 4 is 5.91 Å². The Morgan fingerprint density at radius 2 is 1.93 bits per heavy atom. The van der Waals surface area contributed by atoms with Crippen LogP contribution in [0, 0.1) is 11.8 Å². The van der Waals surface area contributed by atoms with Gasteiger partial charge in [-0.1, -0.05) is 13.8 Å². The minimum atomic E-state index is 0.171. The van der Waals surface area contributed by atoms with Crippen molar-refractivity contribution in [1.82, 2.24) is 10.6 Å². The van der Waals surface area contributed by atoms with Crippen LogP contribution < -0.4 is 10.6 Å². The minimum Gasteiger partial charge on any atom is -0.352 e. The summed E-state index contributed by atoms with van der Waals surface area (Å²) < 4.78 is 0. The summed E-state index contributed by atoms with van der Waals surface area (Å²) >= 11 is 0. The van der Waals surface area contributed by atoms with Gasteiger partial charge >= 0.3 is 0 Å². The first-order valence-corrected chi connectivity index (χ1v) is 6.19. The summed E-state index contributed by atoms with van der Waals surface area (Å²) in [5, 5.41) is 6.39. The Balaban J connectivity index is 1.66. The van der Waals surface area contributed by atoms with Crippen LogP contribution in [-0.4, -0.2) is 24.5 Å². The van der Waals surface area contributed by atoms with Crippen LogP contribution in [0.1, 0.15) is 39.5 Å². The number of hydrogen-bond acceptors (Lipinski definition) is 2. The average Bonchev–Trinajstić information content (AvgIpc) is 2.95. The molecule has 15 heavy (non-hydrogen) atoms. The van der Waals surface area contributed by atoms with E-state index >= 15 is 0 Å². The van der Waals surface area contributed by atoms with Crippen LogP contribution in [0.25, 0.3) is 0 Å². The van der Waals surface area contributed by atoms with Gasteiger partial charge in [0.15, 0.2) is 0 Å². The largest absolute Gasteiger partial charge is 0.352 e. The van der Waals surface area contributed by atoms with Gasteiger partial charge in [0.05, 0.1) is 6.54 Å². The molecule has 0 saturated heterocycles. The molecule has 86 valence electrons. The highest BCUT2D eigenvalue weighted by Gasteiger charge is 2.30. The molecule has 2 fully saturated rings. The lowest BCUT2D eigenvalue weighted by Crippen LogP contribution is -2.41. The van der Waals surface area contributed by atoms with E-state index in [9.17, 15) is 4.79 Å². The molecule has 0 bridgehead atoms. The molecule has 0 aromatic heterocycles. The Morgan fingerprint density at radius 3 is 2.47 bits per heavy atom. The van der Waals surface area contributed by atoms with E-state index in [1.807, 2.05) is 0 Å². The Hall–Kier alpha value is -0.570. The SMILES string of the molecule is CC1CCC(NCC(=O)NC2CC2)C1C. The highest BCUT2D eigenvalue weighted by atomic mass is 16.2. The maximum atomic E-state index is 11.5. The predicted octanol–water partition coefficient (Wildman–Crippen LogP) is 1.29. The van der Waals surface area contributed by atoms with Crippen molar-refractivity contribution in [2.75, 3.05) is 6.54 Å². The van der Waals surface area contributed by atoms with Crippen molar-refractivity contribution in [3.8, 4) is 0 Å². The zero-order valence-corrected chi connectivity index (χ0v) is 9.75. The fourth-order valence-corrected chi connectivity index (χ4v) is 2.38. The van der Waals surface area contributed by atoms with Gasteiger partial charge in [-0.05, 0) is 37.5 Å². The zero-order valence-electron chi connectivity index (χ0n) is 9.75. The summed E-state index contributed by atoms with van der Waals surface area (Å²) in [7, 11) is 0. The molecule has 0 heterocycles. The van der Waals surface area contributed by atoms with Crippen LogP contribution >= 0.6 is 0 Å². The number of carbonyl (C=O) groups excluding carboxylic acids is 1. The van der Waals surface area contributed by atoms with Gasteiger partial charge in [-0.15, -0.1) is 0 Å². The third-order valence-corrected chi connectivity index (χ3v) is 3.93. The van der Waals surface area contributed by atoms with Crippen LogP contribution in [0.5, 0.6) is 0 Å². The van der Waals surface area contributed by atoms with Crippen LogP contribution in [0.2, 0.25) is 0 Å². The number of rotatable bonds is 4. The molecular formula is C12H22N2O. The first-order valence-electron chi connectivity index (χ1n) is 6.19. The van der Waals surface area contributed by atoms with E-state index in [1.54, 1.807) is 0 Å². The Morgan fingerprint density at radius 1 is 1.20 bits per heavy atom. The normalized spacial score (nSPS) is 35.5. The quantitative estimate of drug-likeness (QED) is 0.734. The standard InChI is InChI=1S/C12H22N2O/c1-8-3-6-11(9(8)2)13-7-12(15)14-10-4-5-10/h8-11,13H,3-7H2,1-2H3,(H,14,15). The van der Waals surface area contributed by atoms with Gasteiger partial charge in [-0.3, -0.25) is 4.79 Å². The van der Waals surface area contributed by atoms with E-state index in [2.05, 4.69) is 24.5 Å². The first kappa shape index (κ1) is 10.9. The molecule has 3 heteroatoms. The molecule has 3 unspecified atom stereocenters. The van der Waals surface area contributed by atoms with E-state index < -0.39 is 0 Å². The van der Waals surface area contributed by atoms with E-state index in [1.165, 1.54) is 25.7 Å². The van der Waals surface area contributed by atoms with Crippen molar-refractivity contribution in [2.24, 2.45) is 11.8 Å². The van der Waals surface area contributed by atoms with Gasteiger partial charge in [0.2, 0.25) is 5.91 Å². The molecule has 0 aliphatic heterocycles. The summed E-state index contributed by atoms with van der Waals surface area (Å²) in [5.41, 5.74) is 0. The maximum Gasteiger partial charge on any atom is 0.234 e. The van der Waals surface area contributed by atoms with Crippen LogP contribution in [0.4, 0.5) is 0 Å². The second-order valence-corrected chi connectivity index (χ2v) is 5.24. The lowest BCUT2D eigenvalue weighted by Gasteiger charge is -2.19. The summed E-state index contributed by atoms with van der Waals surface area (Å²) in [6.07, 6.45) is 4.85. The summed E-state index contributed by atoms with van der Waals surface area (Å²) in [6, 6.07) is 1.03. The average molecular weight is 210 g/mol. The molecule has 0 spiro atoms. The van der Waals surface area contributed by atoms with E-state index in [-0.39, 0.29) is 5.91 Å². The van der Waals surface area contributed by atoms with Gasteiger partial charge in [-0.25, -0.2) is 0 Å². The number of carbonyl (C=O) groups is 1. The summed E-state index contributed by atoms with van der Waals surface area (Å²) in [5.74, 6) is 1.68. The van der Waals surface area contributed by atoms with Crippen LogP contribution in [-0.2, 0) is 4.79 Å². The zero-order chi connectivity index (χ0) is 10.8. The molecule has 3 atom stereocenters. The Bertz CT molecular complexity index is 238. The molecule has 2 aliphatic rings. The van der Waals surface area contributed by atoms with Crippen LogP contribution in [0.15, 0.2) is 0 Å². The van der Waals surface area contributed by atoms with Crippen molar-refractivity contribution in [3.63, 3.8) is 0 Å². The highest BCUT2D eigenvalue weighted by molar-refractivity contribution is 5.78.